The molecule has 0 atom stereocenters. The molecule has 2 aliphatic rings. The van der Waals surface area contributed by atoms with Crippen LogP contribution in [0.25, 0.3) is 0 Å². The first kappa shape index (κ1) is 22.2. The van der Waals surface area contributed by atoms with Gasteiger partial charge >= 0.3 is 0 Å². The van der Waals surface area contributed by atoms with E-state index in [1.54, 1.807) is 24.0 Å². The van der Waals surface area contributed by atoms with Crippen LogP contribution in [0.1, 0.15) is 24.5 Å². The van der Waals surface area contributed by atoms with Gasteiger partial charge < -0.3 is 4.90 Å². The molecule has 0 bridgehead atoms. The van der Waals surface area contributed by atoms with Gasteiger partial charge in [0.05, 0.1) is 18.0 Å². The number of imide groups is 1. The number of sulfonamides is 1. The van der Waals surface area contributed by atoms with Crippen LogP contribution in [0.4, 0.5) is 5.69 Å². The average Bonchev–Trinajstić information content (AvgIpc) is 3.22. The molecule has 0 unspecified atom stereocenters. The van der Waals surface area contributed by atoms with E-state index in [0.717, 1.165) is 20.3 Å². The van der Waals surface area contributed by atoms with Crippen molar-refractivity contribution in [2.75, 3.05) is 31.1 Å². The van der Waals surface area contributed by atoms with Gasteiger partial charge in [0.25, 0.3) is 0 Å². The summed E-state index contributed by atoms with van der Waals surface area (Å²) in [5.41, 5.74) is 2.48. The first-order valence-corrected chi connectivity index (χ1v) is 12.1. The largest absolute Gasteiger partial charge is 0.312 e. The predicted octanol–water partition coefficient (Wildman–Crippen LogP) is 1.59. The summed E-state index contributed by atoms with van der Waals surface area (Å²) in [4.78, 5) is 40.1. The summed E-state index contributed by atoms with van der Waals surface area (Å²) in [5.74, 6) is -1.06. The number of amides is 3. The Hall–Kier alpha value is -3.04. The van der Waals surface area contributed by atoms with Crippen LogP contribution < -0.4 is 4.90 Å². The van der Waals surface area contributed by atoms with E-state index in [2.05, 4.69) is 0 Å². The predicted molar refractivity (Wildman–Crippen MR) is 118 cm³/mol. The highest BCUT2D eigenvalue weighted by atomic mass is 32.2. The van der Waals surface area contributed by atoms with E-state index in [-0.39, 0.29) is 30.4 Å². The Bertz CT molecular complexity index is 1150. The van der Waals surface area contributed by atoms with Crippen molar-refractivity contribution in [1.82, 2.24) is 9.21 Å². The Balaban J connectivity index is 1.48. The molecule has 9 heteroatoms. The van der Waals surface area contributed by atoms with Gasteiger partial charge in [-0.2, -0.15) is 4.31 Å². The standard InChI is InChI=1S/C23H25N3O5S/c1-2-21(27)25-13-11-18-14-19(8-9-20(18)25)32(30,31)24-15-22(28)26(23(29)16-24)12-10-17-6-4-3-5-7-17/h3-9,14H,2,10-13,15-16H2,1H3. The number of fused-ring (bicyclic) bond motifs is 1. The van der Waals surface area contributed by atoms with E-state index in [0.29, 0.717) is 31.5 Å². The first-order chi connectivity index (χ1) is 15.3. The van der Waals surface area contributed by atoms with Crippen molar-refractivity contribution in [1.29, 1.82) is 0 Å². The smallest absolute Gasteiger partial charge is 0.244 e. The number of nitrogens with zero attached hydrogens (tertiary/aromatic N) is 3. The van der Waals surface area contributed by atoms with E-state index in [1.807, 2.05) is 30.3 Å². The molecule has 0 saturated carbocycles. The van der Waals surface area contributed by atoms with Crippen molar-refractivity contribution in [3.05, 3.63) is 59.7 Å². The van der Waals surface area contributed by atoms with E-state index in [4.69, 9.17) is 0 Å². The lowest BCUT2D eigenvalue weighted by molar-refractivity contribution is -0.149. The van der Waals surface area contributed by atoms with E-state index < -0.39 is 21.8 Å². The SMILES string of the molecule is CCC(=O)N1CCc2cc(S(=O)(=O)N3CC(=O)N(CCc4ccccc4)C(=O)C3)ccc21. The third-order valence-corrected chi connectivity index (χ3v) is 7.67. The minimum absolute atomic E-state index is 0.0119. The van der Waals surface area contributed by atoms with Crippen LogP contribution in [-0.4, -0.2) is 61.5 Å². The second-order valence-electron chi connectivity index (χ2n) is 7.89. The van der Waals surface area contributed by atoms with Crippen molar-refractivity contribution >= 4 is 33.4 Å². The van der Waals surface area contributed by atoms with Crippen LogP contribution in [0.3, 0.4) is 0 Å². The summed E-state index contributed by atoms with van der Waals surface area (Å²) >= 11 is 0. The summed E-state index contributed by atoms with van der Waals surface area (Å²) in [5, 5.41) is 0. The molecule has 0 radical (unpaired) electrons. The molecule has 0 aliphatic carbocycles. The molecule has 2 aromatic carbocycles. The molecule has 2 heterocycles. The highest BCUT2D eigenvalue weighted by Gasteiger charge is 2.38. The molecule has 168 valence electrons. The Morgan fingerprint density at radius 1 is 1.00 bits per heavy atom. The van der Waals surface area contributed by atoms with Crippen LogP contribution >= 0.6 is 0 Å². The normalized spacial score (nSPS) is 17.0. The summed E-state index contributed by atoms with van der Waals surface area (Å²) in [6.45, 7) is 1.77. The zero-order valence-electron chi connectivity index (χ0n) is 17.9. The zero-order chi connectivity index (χ0) is 22.9. The Labute approximate surface area is 187 Å². The maximum Gasteiger partial charge on any atom is 0.244 e. The van der Waals surface area contributed by atoms with Gasteiger partial charge in [0.15, 0.2) is 0 Å². The number of piperazine rings is 1. The molecule has 4 rings (SSSR count). The molecular weight excluding hydrogens is 430 g/mol. The molecule has 1 saturated heterocycles. The number of anilines is 1. The number of hydrogen-bond donors (Lipinski definition) is 0. The fourth-order valence-corrected chi connectivity index (χ4v) is 5.50. The Morgan fingerprint density at radius 3 is 2.34 bits per heavy atom. The summed E-state index contributed by atoms with van der Waals surface area (Å²) in [6, 6.07) is 14.1. The van der Waals surface area contributed by atoms with Gasteiger partial charge in [-0.15, -0.1) is 0 Å². The average molecular weight is 456 g/mol. The highest BCUT2D eigenvalue weighted by Crippen LogP contribution is 2.32. The molecule has 0 aromatic heterocycles. The fourth-order valence-electron chi connectivity index (χ4n) is 4.11. The monoisotopic (exact) mass is 455 g/mol. The highest BCUT2D eigenvalue weighted by molar-refractivity contribution is 7.89. The van der Waals surface area contributed by atoms with Gasteiger partial charge in [0.1, 0.15) is 0 Å². The number of hydrogen-bond acceptors (Lipinski definition) is 5. The van der Waals surface area contributed by atoms with E-state index >= 15 is 0 Å². The molecule has 1 fully saturated rings. The maximum atomic E-state index is 13.2. The molecule has 32 heavy (non-hydrogen) atoms. The second-order valence-corrected chi connectivity index (χ2v) is 9.83. The lowest BCUT2D eigenvalue weighted by Crippen LogP contribution is -2.55. The minimum Gasteiger partial charge on any atom is -0.312 e. The van der Waals surface area contributed by atoms with Crippen LogP contribution in [0.5, 0.6) is 0 Å². The van der Waals surface area contributed by atoms with Crippen molar-refractivity contribution in [2.24, 2.45) is 0 Å². The van der Waals surface area contributed by atoms with E-state index in [9.17, 15) is 22.8 Å². The summed E-state index contributed by atoms with van der Waals surface area (Å²) < 4.78 is 27.2. The van der Waals surface area contributed by atoms with Crippen LogP contribution in [-0.2, 0) is 37.2 Å². The van der Waals surface area contributed by atoms with Crippen LogP contribution in [0.15, 0.2) is 53.4 Å². The summed E-state index contributed by atoms with van der Waals surface area (Å²) in [6.07, 6.45) is 1.46. The van der Waals surface area contributed by atoms with Crippen molar-refractivity contribution in [2.45, 2.75) is 31.1 Å². The maximum absolute atomic E-state index is 13.2. The van der Waals surface area contributed by atoms with Crippen molar-refractivity contribution < 1.29 is 22.8 Å². The van der Waals surface area contributed by atoms with Crippen molar-refractivity contribution in [3.8, 4) is 0 Å². The molecule has 3 amide bonds. The molecule has 0 N–H and O–H groups in total. The molecular formula is C23H25N3O5S. The second kappa shape index (κ2) is 8.84. The van der Waals surface area contributed by atoms with Crippen LogP contribution in [0, 0.1) is 0 Å². The van der Waals surface area contributed by atoms with Gasteiger partial charge in [-0.05, 0) is 42.2 Å². The number of carbonyl (C=O) groups excluding carboxylic acids is 3. The number of rotatable bonds is 6. The quantitative estimate of drug-likeness (QED) is 0.617. The van der Waals surface area contributed by atoms with Gasteiger partial charge in [0, 0.05) is 25.2 Å². The van der Waals surface area contributed by atoms with Crippen LogP contribution in [0.2, 0.25) is 0 Å². The minimum atomic E-state index is -4.02. The molecule has 2 aromatic rings. The van der Waals surface area contributed by atoms with Gasteiger partial charge in [-0.1, -0.05) is 37.3 Å². The molecule has 8 nitrogen and oxygen atoms in total. The lowest BCUT2D eigenvalue weighted by atomic mass is 10.1. The van der Waals surface area contributed by atoms with Gasteiger partial charge in [-0.25, -0.2) is 8.42 Å². The Morgan fingerprint density at radius 2 is 1.69 bits per heavy atom. The summed E-state index contributed by atoms with van der Waals surface area (Å²) in [7, 11) is -4.02. The number of benzene rings is 2. The lowest BCUT2D eigenvalue weighted by Gasteiger charge is -2.32. The van der Waals surface area contributed by atoms with E-state index in [1.165, 1.54) is 6.07 Å². The third kappa shape index (κ3) is 4.18. The topological polar surface area (TPSA) is 95.1 Å². The molecule has 2 aliphatic heterocycles. The Kier molecular flexibility index (Phi) is 6.12. The van der Waals surface area contributed by atoms with Gasteiger partial charge in [0.2, 0.25) is 27.7 Å². The fraction of sp³-hybridized carbons (Fsp3) is 0.348. The van der Waals surface area contributed by atoms with Gasteiger partial charge in [-0.3, -0.25) is 19.3 Å². The zero-order valence-corrected chi connectivity index (χ0v) is 18.7. The first-order valence-electron chi connectivity index (χ1n) is 10.6. The third-order valence-electron chi connectivity index (χ3n) is 5.88. The molecule has 0 spiro atoms. The number of carbonyl (C=O) groups is 3. The van der Waals surface area contributed by atoms with Crippen molar-refractivity contribution in [3.63, 3.8) is 0 Å².